The van der Waals surface area contributed by atoms with Gasteiger partial charge >= 0.3 is 0 Å². The van der Waals surface area contributed by atoms with Gasteiger partial charge in [0.1, 0.15) is 11.5 Å². The van der Waals surface area contributed by atoms with E-state index < -0.39 is 6.10 Å². The van der Waals surface area contributed by atoms with E-state index >= 15 is 0 Å². The topological polar surface area (TPSA) is 38.7 Å². The number of methoxy groups -OCH3 is 2. The van der Waals surface area contributed by atoms with Crippen molar-refractivity contribution < 1.29 is 14.6 Å². The average molecular weight is 317 g/mol. The van der Waals surface area contributed by atoms with Crippen molar-refractivity contribution in [3.8, 4) is 11.5 Å². The highest BCUT2D eigenvalue weighted by atomic mass is 35.5. The summed E-state index contributed by atoms with van der Waals surface area (Å²) in [6, 6.07) is 11.2. The smallest absolute Gasteiger partial charge is 0.126 e. The molecule has 2 aromatic carbocycles. The number of ether oxygens (including phenoxy) is 2. The third kappa shape index (κ3) is 2.47. The van der Waals surface area contributed by atoms with Gasteiger partial charge in [0, 0.05) is 22.1 Å². The molecule has 1 aliphatic rings. The summed E-state index contributed by atoms with van der Waals surface area (Å²) in [5.74, 6) is 1.20. The number of hydrogen-bond acceptors (Lipinski definition) is 3. The maximum Gasteiger partial charge on any atom is 0.126 e. The van der Waals surface area contributed by atoms with Crippen LogP contribution in [0.25, 0.3) is 6.08 Å². The monoisotopic (exact) mass is 316 g/mol. The summed E-state index contributed by atoms with van der Waals surface area (Å²) >= 11 is 6.07. The minimum absolute atomic E-state index is 0.174. The van der Waals surface area contributed by atoms with Gasteiger partial charge in [-0.15, -0.1) is 0 Å². The van der Waals surface area contributed by atoms with Gasteiger partial charge in [-0.05, 0) is 29.8 Å². The van der Waals surface area contributed by atoms with Gasteiger partial charge in [0.05, 0.1) is 20.3 Å². The summed E-state index contributed by atoms with van der Waals surface area (Å²) in [5.41, 5.74) is 2.56. The zero-order valence-corrected chi connectivity index (χ0v) is 13.2. The summed E-state index contributed by atoms with van der Waals surface area (Å²) < 4.78 is 10.8. The molecule has 0 fully saturated rings. The van der Waals surface area contributed by atoms with Crippen molar-refractivity contribution in [2.75, 3.05) is 14.2 Å². The van der Waals surface area contributed by atoms with Crippen LogP contribution in [0.5, 0.6) is 11.5 Å². The van der Waals surface area contributed by atoms with E-state index in [1.54, 1.807) is 14.2 Å². The lowest BCUT2D eigenvalue weighted by molar-refractivity contribution is 0.155. The quantitative estimate of drug-likeness (QED) is 0.922. The molecule has 3 rings (SSSR count). The molecular formula is C18H17ClO3. The third-order valence-corrected chi connectivity index (χ3v) is 4.22. The lowest BCUT2D eigenvalue weighted by Crippen LogP contribution is -2.15. The van der Waals surface area contributed by atoms with Crippen LogP contribution in [0.2, 0.25) is 5.02 Å². The molecule has 0 saturated carbocycles. The van der Waals surface area contributed by atoms with Gasteiger partial charge in [0.2, 0.25) is 0 Å². The second-order valence-electron chi connectivity index (χ2n) is 5.18. The number of aliphatic hydroxyl groups is 1. The molecule has 0 aromatic heterocycles. The number of hydrogen-bond donors (Lipinski definition) is 1. The molecule has 0 bridgehead atoms. The molecule has 22 heavy (non-hydrogen) atoms. The molecule has 114 valence electrons. The molecule has 1 N–H and O–H groups in total. The van der Waals surface area contributed by atoms with Crippen molar-refractivity contribution in [3.63, 3.8) is 0 Å². The Balaban J connectivity index is 2.11. The molecule has 0 amide bonds. The maximum atomic E-state index is 10.9. The lowest BCUT2D eigenvalue weighted by atomic mass is 9.82. The van der Waals surface area contributed by atoms with Crippen molar-refractivity contribution in [1.82, 2.24) is 0 Å². The van der Waals surface area contributed by atoms with Gasteiger partial charge in [0.25, 0.3) is 0 Å². The fraction of sp³-hybridized carbons (Fsp3) is 0.222. The van der Waals surface area contributed by atoms with Gasteiger partial charge in [-0.25, -0.2) is 0 Å². The number of benzene rings is 2. The SMILES string of the molecule is COc1ccc(OC)c2c1C=C[C@H](c1cccc(Cl)c1)[C@@H]2O. The van der Waals surface area contributed by atoms with E-state index in [1.807, 2.05) is 48.6 Å². The zero-order chi connectivity index (χ0) is 15.7. The van der Waals surface area contributed by atoms with Gasteiger partial charge in [0.15, 0.2) is 0 Å². The minimum atomic E-state index is -0.719. The first-order valence-corrected chi connectivity index (χ1v) is 7.40. The average Bonchev–Trinajstić information content (AvgIpc) is 2.54. The predicted molar refractivity (Wildman–Crippen MR) is 87.7 cm³/mol. The third-order valence-electron chi connectivity index (χ3n) is 3.99. The molecule has 0 unspecified atom stereocenters. The van der Waals surface area contributed by atoms with Crippen LogP contribution in [0.3, 0.4) is 0 Å². The number of aliphatic hydroxyl groups excluding tert-OH is 1. The van der Waals surface area contributed by atoms with Crippen LogP contribution >= 0.6 is 11.6 Å². The Kier molecular flexibility index (Phi) is 4.10. The van der Waals surface area contributed by atoms with Crippen molar-refractivity contribution in [1.29, 1.82) is 0 Å². The molecule has 4 heteroatoms. The van der Waals surface area contributed by atoms with E-state index in [0.29, 0.717) is 10.8 Å². The Morgan fingerprint density at radius 2 is 1.77 bits per heavy atom. The Morgan fingerprint density at radius 1 is 1.05 bits per heavy atom. The van der Waals surface area contributed by atoms with Crippen LogP contribution in [0.15, 0.2) is 42.5 Å². The summed E-state index contributed by atoms with van der Waals surface area (Å²) in [5, 5.41) is 11.5. The van der Waals surface area contributed by atoms with E-state index in [-0.39, 0.29) is 5.92 Å². The van der Waals surface area contributed by atoms with E-state index in [1.165, 1.54) is 0 Å². The van der Waals surface area contributed by atoms with Crippen LogP contribution in [0, 0.1) is 0 Å². The minimum Gasteiger partial charge on any atom is -0.496 e. The molecule has 2 atom stereocenters. The van der Waals surface area contributed by atoms with Crippen molar-refractivity contribution in [3.05, 3.63) is 64.2 Å². The van der Waals surface area contributed by atoms with E-state index in [4.69, 9.17) is 21.1 Å². The van der Waals surface area contributed by atoms with Gasteiger partial charge in [-0.2, -0.15) is 0 Å². The first-order valence-electron chi connectivity index (χ1n) is 7.02. The maximum absolute atomic E-state index is 10.9. The fourth-order valence-corrected chi connectivity index (χ4v) is 3.12. The number of rotatable bonds is 3. The predicted octanol–water partition coefficient (Wildman–Crippen LogP) is 4.20. The Hall–Kier alpha value is -1.97. The summed E-state index contributed by atoms with van der Waals surface area (Å²) in [6.07, 6.45) is 3.22. The lowest BCUT2D eigenvalue weighted by Gasteiger charge is -2.28. The van der Waals surface area contributed by atoms with Gasteiger partial charge in [-0.1, -0.05) is 35.9 Å². The van der Waals surface area contributed by atoms with Crippen LogP contribution < -0.4 is 9.47 Å². The van der Waals surface area contributed by atoms with Crippen LogP contribution in [0.4, 0.5) is 0 Å². The van der Waals surface area contributed by atoms with Gasteiger partial charge in [-0.3, -0.25) is 0 Å². The highest BCUT2D eigenvalue weighted by Gasteiger charge is 2.30. The summed E-state index contributed by atoms with van der Waals surface area (Å²) in [7, 11) is 3.22. The first-order chi connectivity index (χ1) is 10.7. The number of halogens is 1. The highest BCUT2D eigenvalue weighted by molar-refractivity contribution is 6.30. The zero-order valence-electron chi connectivity index (χ0n) is 12.4. The van der Waals surface area contributed by atoms with E-state index in [0.717, 1.165) is 22.4 Å². The standard InChI is InChI=1S/C18H17ClO3/c1-21-15-8-9-16(22-2)17-14(15)7-6-13(18(17)20)11-4-3-5-12(19)10-11/h3-10,13,18,20H,1-2H3/t13-,18+/m1/s1. The molecule has 0 saturated heterocycles. The molecule has 0 aliphatic heterocycles. The summed E-state index contributed by atoms with van der Waals surface area (Å²) in [6.45, 7) is 0. The second-order valence-corrected chi connectivity index (χ2v) is 5.62. The van der Waals surface area contributed by atoms with Crippen LogP contribution in [-0.2, 0) is 0 Å². The largest absolute Gasteiger partial charge is 0.496 e. The number of fused-ring (bicyclic) bond motifs is 1. The summed E-state index contributed by atoms with van der Waals surface area (Å²) in [4.78, 5) is 0. The normalized spacial score (nSPS) is 19.6. The van der Waals surface area contributed by atoms with E-state index in [2.05, 4.69) is 0 Å². The molecule has 0 radical (unpaired) electrons. The van der Waals surface area contributed by atoms with Crippen molar-refractivity contribution >= 4 is 17.7 Å². The first kappa shape index (κ1) is 14.9. The Labute approximate surface area is 134 Å². The Morgan fingerprint density at radius 3 is 2.45 bits per heavy atom. The Bertz CT molecular complexity index is 724. The molecule has 0 spiro atoms. The fourth-order valence-electron chi connectivity index (χ4n) is 2.92. The highest BCUT2D eigenvalue weighted by Crippen LogP contribution is 2.46. The second kappa shape index (κ2) is 6.03. The molecule has 0 heterocycles. The van der Waals surface area contributed by atoms with E-state index in [9.17, 15) is 5.11 Å². The van der Waals surface area contributed by atoms with Crippen molar-refractivity contribution in [2.45, 2.75) is 12.0 Å². The van der Waals surface area contributed by atoms with Crippen LogP contribution in [0.1, 0.15) is 28.7 Å². The molecule has 1 aliphatic carbocycles. The molecule has 2 aromatic rings. The van der Waals surface area contributed by atoms with Gasteiger partial charge < -0.3 is 14.6 Å². The molecular weight excluding hydrogens is 300 g/mol. The van der Waals surface area contributed by atoms with Crippen molar-refractivity contribution in [2.24, 2.45) is 0 Å². The molecule has 3 nitrogen and oxygen atoms in total. The van der Waals surface area contributed by atoms with Crippen LogP contribution in [-0.4, -0.2) is 19.3 Å².